The van der Waals surface area contributed by atoms with Crippen LogP contribution in [0.3, 0.4) is 0 Å². The van der Waals surface area contributed by atoms with Gasteiger partial charge in [0.05, 0.1) is 25.6 Å². The quantitative estimate of drug-likeness (QED) is 0.470. The van der Waals surface area contributed by atoms with Crippen LogP contribution in [0.4, 0.5) is 0 Å². The molecule has 0 aliphatic carbocycles. The lowest BCUT2D eigenvalue weighted by Crippen LogP contribution is -1.99. The molecule has 0 aliphatic rings. The summed E-state index contributed by atoms with van der Waals surface area (Å²) in [4.78, 5) is 0. The molecule has 2 aromatic rings. The Kier molecular flexibility index (Phi) is 6.80. The molecule has 128 valence electrons. The molecular formula is C19H23O4P. The summed E-state index contributed by atoms with van der Waals surface area (Å²) >= 11 is 0. The molecule has 0 radical (unpaired) electrons. The summed E-state index contributed by atoms with van der Waals surface area (Å²) in [5.41, 5.74) is 1.72. The van der Waals surface area contributed by atoms with Crippen LogP contribution in [-0.2, 0) is 13.6 Å². The maximum absolute atomic E-state index is 13.3. The van der Waals surface area contributed by atoms with Crippen LogP contribution >= 0.6 is 7.60 Å². The predicted octanol–water partition coefficient (Wildman–Crippen LogP) is 5.46. The second kappa shape index (κ2) is 8.84. The summed E-state index contributed by atoms with van der Waals surface area (Å²) in [5, 5.41) is 0.553. The van der Waals surface area contributed by atoms with Crippen LogP contribution in [0.1, 0.15) is 25.0 Å². The summed E-state index contributed by atoms with van der Waals surface area (Å²) in [6.07, 6.45) is 1.85. The number of ether oxygens (including phenoxy) is 1. The van der Waals surface area contributed by atoms with Crippen molar-refractivity contribution >= 4 is 19.0 Å². The van der Waals surface area contributed by atoms with Gasteiger partial charge in [-0.25, -0.2) is 0 Å². The lowest BCUT2D eigenvalue weighted by Gasteiger charge is -2.20. The van der Waals surface area contributed by atoms with Crippen molar-refractivity contribution in [3.63, 3.8) is 0 Å². The van der Waals surface area contributed by atoms with Crippen LogP contribution in [0.25, 0.3) is 11.4 Å². The van der Waals surface area contributed by atoms with E-state index in [-0.39, 0.29) is 0 Å². The molecule has 0 aromatic heterocycles. The van der Waals surface area contributed by atoms with E-state index in [4.69, 9.17) is 13.8 Å². The van der Waals surface area contributed by atoms with Gasteiger partial charge in [0, 0.05) is 0 Å². The maximum atomic E-state index is 13.3. The Balaban J connectivity index is 2.53. The van der Waals surface area contributed by atoms with Crippen molar-refractivity contribution in [2.24, 2.45) is 0 Å². The van der Waals surface area contributed by atoms with E-state index in [0.29, 0.717) is 18.5 Å². The molecule has 0 N–H and O–H groups in total. The second-order valence-electron chi connectivity index (χ2n) is 5.00. The normalized spacial score (nSPS) is 12.2. The number of hydrogen-bond donors (Lipinski definition) is 0. The first kappa shape index (κ1) is 18.5. The van der Waals surface area contributed by atoms with Gasteiger partial charge in [-0.15, -0.1) is 0 Å². The van der Waals surface area contributed by atoms with Crippen molar-refractivity contribution in [1.82, 2.24) is 0 Å². The SMILES string of the molecule is CCOP(=O)(OCC)/C(=C/c1ccc(OC)cc1)c1ccccc1. The maximum Gasteiger partial charge on any atom is 0.361 e. The summed E-state index contributed by atoms with van der Waals surface area (Å²) < 4.78 is 29.6. The Morgan fingerprint density at radius 2 is 1.54 bits per heavy atom. The first-order valence-corrected chi connectivity index (χ1v) is 9.48. The molecule has 0 amide bonds. The lowest BCUT2D eigenvalue weighted by molar-refractivity contribution is 0.231. The first-order chi connectivity index (χ1) is 11.6. The fraction of sp³-hybridized carbons (Fsp3) is 0.263. The van der Waals surface area contributed by atoms with E-state index in [2.05, 4.69) is 0 Å². The first-order valence-electron chi connectivity index (χ1n) is 7.93. The third-order valence-corrected chi connectivity index (χ3v) is 5.56. The van der Waals surface area contributed by atoms with Gasteiger partial charge < -0.3 is 13.8 Å². The van der Waals surface area contributed by atoms with Crippen molar-refractivity contribution in [3.8, 4) is 5.75 Å². The smallest absolute Gasteiger partial charge is 0.361 e. The van der Waals surface area contributed by atoms with Crippen molar-refractivity contribution in [3.05, 3.63) is 65.7 Å². The summed E-state index contributed by atoms with van der Waals surface area (Å²) in [6, 6.07) is 17.1. The van der Waals surface area contributed by atoms with Crippen LogP contribution in [0.2, 0.25) is 0 Å². The van der Waals surface area contributed by atoms with Gasteiger partial charge in [-0.2, -0.15) is 0 Å². The van der Waals surface area contributed by atoms with Crippen molar-refractivity contribution in [1.29, 1.82) is 0 Å². The van der Waals surface area contributed by atoms with Gasteiger partial charge in [0.15, 0.2) is 0 Å². The van der Waals surface area contributed by atoms with Crippen LogP contribution in [0.5, 0.6) is 5.75 Å². The Morgan fingerprint density at radius 1 is 0.958 bits per heavy atom. The molecule has 4 nitrogen and oxygen atoms in total. The predicted molar refractivity (Wildman–Crippen MR) is 98.2 cm³/mol. The van der Waals surface area contributed by atoms with Gasteiger partial charge in [-0.05, 0) is 43.2 Å². The van der Waals surface area contributed by atoms with Gasteiger partial charge in [-0.1, -0.05) is 42.5 Å². The Labute approximate surface area is 143 Å². The number of rotatable bonds is 8. The minimum Gasteiger partial charge on any atom is -0.497 e. The van der Waals surface area contributed by atoms with E-state index in [9.17, 15) is 4.57 Å². The van der Waals surface area contributed by atoms with E-state index in [1.165, 1.54) is 0 Å². The molecule has 0 fully saturated rings. The Bertz CT molecular complexity index is 698. The summed E-state index contributed by atoms with van der Waals surface area (Å²) in [7, 11) is -1.78. The van der Waals surface area contributed by atoms with E-state index < -0.39 is 7.60 Å². The molecule has 5 heteroatoms. The summed E-state index contributed by atoms with van der Waals surface area (Å²) in [5.74, 6) is 0.770. The van der Waals surface area contributed by atoms with Gasteiger partial charge in [0.2, 0.25) is 0 Å². The van der Waals surface area contributed by atoms with Gasteiger partial charge in [0.1, 0.15) is 5.75 Å². The fourth-order valence-corrected chi connectivity index (χ4v) is 4.11. The highest BCUT2D eigenvalue weighted by atomic mass is 31.2. The topological polar surface area (TPSA) is 44.8 Å². The van der Waals surface area contributed by atoms with Crippen LogP contribution in [-0.4, -0.2) is 20.3 Å². The average molecular weight is 346 g/mol. The monoisotopic (exact) mass is 346 g/mol. The minimum atomic E-state index is -3.41. The highest BCUT2D eigenvalue weighted by Gasteiger charge is 2.30. The Morgan fingerprint density at radius 3 is 2.04 bits per heavy atom. The molecule has 2 aromatic carbocycles. The highest BCUT2D eigenvalue weighted by Crippen LogP contribution is 2.61. The zero-order valence-electron chi connectivity index (χ0n) is 14.3. The molecule has 24 heavy (non-hydrogen) atoms. The minimum absolute atomic E-state index is 0.310. The molecule has 0 heterocycles. The van der Waals surface area contributed by atoms with Gasteiger partial charge in [0.25, 0.3) is 0 Å². The second-order valence-corrected chi connectivity index (χ2v) is 6.99. The standard InChI is InChI=1S/C19H23O4P/c1-4-22-24(20,23-5-2)19(17-9-7-6-8-10-17)15-16-11-13-18(21-3)14-12-16/h6-15H,4-5H2,1-3H3/b19-15+. The lowest BCUT2D eigenvalue weighted by atomic mass is 10.1. The molecule has 0 unspecified atom stereocenters. The average Bonchev–Trinajstić information content (AvgIpc) is 2.61. The van der Waals surface area contributed by atoms with Crippen molar-refractivity contribution in [2.45, 2.75) is 13.8 Å². The van der Waals surface area contributed by atoms with Crippen molar-refractivity contribution in [2.75, 3.05) is 20.3 Å². The molecule has 0 aliphatic heterocycles. The van der Waals surface area contributed by atoms with Crippen LogP contribution < -0.4 is 4.74 Å². The van der Waals surface area contributed by atoms with E-state index in [1.54, 1.807) is 7.11 Å². The molecule has 0 saturated carbocycles. The van der Waals surface area contributed by atoms with E-state index in [0.717, 1.165) is 16.9 Å². The molecule has 0 saturated heterocycles. The fourth-order valence-electron chi connectivity index (χ4n) is 2.30. The van der Waals surface area contributed by atoms with Gasteiger partial charge in [-0.3, -0.25) is 4.57 Å². The molecule has 0 atom stereocenters. The third kappa shape index (κ3) is 4.57. The third-order valence-electron chi connectivity index (χ3n) is 3.38. The van der Waals surface area contributed by atoms with E-state index in [1.807, 2.05) is 74.5 Å². The zero-order valence-corrected chi connectivity index (χ0v) is 15.2. The van der Waals surface area contributed by atoms with Gasteiger partial charge >= 0.3 is 7.60 Å². The van der Waals surface area contributed by atoms with Crippen LogP contribution in [0, 0.1) is 0 Å². The van der Waals surface area contributed by atoms with Crippen LogP contribution in [0.15, 0.2) is 54.6 Å². The largest absolute Gasteiger partial charge is 0.497 e. The molecule has 0 bridgehead atoms. The van der Waals surface area contributed by atoms with Crippen molar-refractivity contribution < 1.29 is 18.3 Å². The summed E-state index contributed by atoms with van der Waals surface area (Å²) in [6.45, 7) is 4.23. The molecule has 2 rings (SSSR count). The molecular weight excluding hydrogens is 323 g/mol. The number of hydrogen-bond acceptors (Lipinski definition) is 4. The Hall–Kier alpha value is -1.87. The number of benzene rings is 2. The number of methoxy groups -OCH3 is 1. The zero-order chi connectivity index (χ0) is 17.4. The highest BCUT2D eigenvalue weighted by molar-refractivity contribution is 7.65. The molecule has 0 spiro atoms. The van der Waals surface area contributed by atoms with E-state index >= 15 is 0 Å².